The van der Waals surface area contributed by atoms with Crippen molar-refractivity contribution in [1.29, 1.82) is 0 Å². The molecule has 1 aromatic carbocycles. The highest BCUT2D eigenvalue weighted by atomic mass is 19.4. The minimum absolute atomic E-state index is 0.0303. The summed E-state index contributed by atoms with van der Waals surface area (Å²) < 4.78 is 55.5. The van der Waals surface area contributed by atoms with E-state index in [2.05, 4.69) is 39.4 Å². The van der Waals surface area contributed by atoms with Gasteiger partial charge >= 0.3 is 6.18 Å². The summed E-state index contributed by atoms with van der Waals surface area (Å²) in [6.07, 6.45) is -2.30. The maximum Gasteiger partial charge on any atom is 0.417 e. The Morgan fingerprint density at radius 3 is 2.71 bits per heavy atom. The van der Waals surface area contributed by atoms with Crippen LogP contribution in [0.5, 0.6) is 0 Å². The van der Waals surface area contributed by atoms with Crippen LogP contribution < -0.4 is 16.0 Å². The Hall–Kier alpha value is -3.91. The van der Waals surface area contributed by atoms with Crippen molar-refractivity contribution in [2.24, 2.45) is 0 Å². The number of pyridine rings is 1. The number of hydrogen-bond acceptors (Lipinski definition) is 5. The first-order valence-corrected chi connectivity index (χ1v) is 11.9. The summed E-state index contributed by atoms with van der Waals surface area (Å²) in [6.45, 7) is 5.58. The van der Waals surface area contributed by atoms with Crippen molar-refractivity contribution in [3.8, 4) is 11.8 Å². The third kappa shape index (κ3) is 7.79. The molecule has 7 nitrogen and oxygen atoms in total. The number of piperidine rings is 1. The zero-order valence-electron chi connectivity index (χ0n) is 21.1. The number of amides is 2. The van der Waals surface area contributed by atoms with Crippen LogP contribution in [0.25, 0.3) is 22.4 Å². The molecule has 1 aromatic heterocycles. The fourth-order valence-corrected chi connectivity index (χ4v) is 3.96. The Morgan fingerprint density at radius 2 is 2.03 bits per heavy atom. The number of rotatable bonds is 7. The van der Waals surface area contributed by atoms with E-state index in [0.717, 1.165) is 0 Å². The summed E-state index contributed by atoms with van der Waals surface area (Å²) in [4.78, 5) is 28.6. The number of carbonyl (C=O) groups is 2. The molecule has 0 aliphatic carbocycles. The van der Waals surface area contributed by atoms with Crippen LogP contribution in [0.15, 0.2) is 36.9 Å². The number of aromatic nitrogens is 1. The van der Waals surface area contributed by atoms with Gasteiger partial charge in [0, 0.05) is 43.0 Å². The van der Waals surface area contributed by atoms with Crippen molar-refractivity contribution in [3.05, 3.63) is 48.3 Å². The van der Waals surface area contributed by atoms with Crippen molar-refractivity contribution in [2.45, 2.75) is 31.7 Å². The number of fused-ring (bicyclic) bond motifs is 1. The SMILES string of the molecule is C=C(c1nc(/C=C/CNC(=O)C#CCNC(C)=O)cc2c(N[C@@H]3CCN(C)C[C@@H]3F)cccc12)C(F)(F)F. The van der Waals surface area contributed by atoms with Gasteiger partial charge in [-0.2, -0.15) is 13.2 Å². The lowest BCUT2D eigenvalue weighted by Gasteiger charge is -2.33. The number of alkyl halides is 4. The zero-order chi connectivity index (χ0) is 27.9. The number of hydrogen-bond donors (Lipinski definition) is 3. The van der Waals surface area contributed by atoms with Gasteiger partial charge < -0.3 is 20.9 Å². The minimum atomic E-state index is -4.70. The smallest absolute Gasteiger partial charge is 0.379 e. The Bertz CT molecular complexity index is 1300. The average molecular weight is 532 g/mol. The lowest BCUT2D eigenvalue weighted by Crippen LogP contribution is -2.46. The van der Waals surface area contributed by atoms with Gasteiger partial charge in [-0.25, -0.2) is 9.37 Å². The molecule has 2 atom stereocenters. The van der Waals surface area contributed by atoms with Gasteiger partial charge in [-0.15, -0.1) is 0 Å². The van der Waals surface area contributed by atoms with E-state index in [0.29, 0.717) is 24.0 Å². The van der Waals surface area contributed by atoms with E-state index in [-0.39, 0.29) is 42.3 Å². The topological polar surface area (TPSA) is 86.4 Å². The Morgan fingerprint density at radius 1 is 1.26 bits per heavy atom. The van der Waals surface area contributed by atoms with Crippen molar-refractivity contribution in [2.75, 3.05) is 38.5 Å². The predicted molar refractivity (Wildman–Crippen MR) is 140 cm³/mol. The van der Waals surface area contributed by atoms with Gasteiger partial charge in [0.05, 0.1) is 29.5 Å². The molecule has 202 valence electrons. The van der Waals surface area contributed by atoms with Crippen LogP contribution in [0.3, 0.4) is 0 Å². The molecule has 0 radical (unpaired) electrons. The third-order valence-corrected chi connectivity index (χ3v) is 5.90. The molecule has 1 saturated heterocycles. The lowest BCUT2D eigenvalue weighted by molar-refractivity contribution is -0.119. The van der Waals surface area contributed by atoms with Crippen LogP contribution in [-0.4, -0.2) is 73.3 Å². The van der Waals surface area contributed by atoms with Crippen LogP contribution in [0.1, 0.15) is 24.7 Å². The van der Waals surface area contributed by atoms with Crippen LogP contribution >= 0.6 is 0 Å². The molecule has 3 N–H and O–H groups in total. The normalized spacial score (nSPS) is 18.1. The lowest BCUT2D eigenvalue weighted by atomic mass is 9.99. The summed E-state index contributed by atoms with van der Waals surface area (Å²) in [5, 5.41) is 8.81. The zero-order valence-corrected chi connectivity index (χ0v) is 21.1. The first kappa shape index (κ1) is 28.7. The first-order valence-electron chi connectivity index (χ1n) is 11.9. The quantitative estimate of drug-likeness (QED) is 0.376. The van der Waals surface area contributed by atoms with Gasteiger partial charge in [0.1, 0.15) is 6.17 Å². The van der Waals surface area contributed by atoms with Crippen molar-refractivity contribution in [3.63, 3.8) is 0 Å². The monoisotopic (exact) mass is 531 g/mol. The largest absolute Gasteiger partial charge is 0.417 e. The van der Waals surface area contributed by atoms with E-state index in [1.807, 2.05) is 11.9 Å². The Kier molecular flexibility index (Phi) is 9.47. The fourth-order valence-electron chi connectivity index (χ4n) is 3.96. The van der Waals surface area contributed by atoms with E-state index >= 15 is 0 Å². The Balaban J connectivity index is 1.86. The molecular weight excluding hydrogens is 502 g/mol. The second kappa shape index (κ2) is 12.6. The number of carbonyl (C=O) groups excluding carboxylic acids is 2. The van der Waals surface area contributed by atoms with Gasteiger partial charge in [-0.05, 0) is 37.6 Å². The number of likely N-dealkylation sites (tertiary alicyclic amines) is 1. The molecular formula is C27H29F4N5O2. The van der Waals surface area contributed by atoms with Gasteiger partial charge in [0.15, 0.2) is 0 Å². The minimum Gasteiger partial charge on any atom is -0.379 e. The number of benzene rings is 1. The number of anilines is 1. The van der Waals surface area contributed by atoms with Gasteiger partial charge in [-0.3, -0.25) is 9.59 Å². The fraction of sp³-hybridized carbons (Fsp3) is 0.370. The van der Waals surface area contributed by atoms with Crippen LogP contribution in [0.4, 0.5) is 23.2 Å². The van der Waals surface area contributed by atoms with E-state index in [4.69, 9.17) is 0 Å². The number of nitrogens with one attached hydrogen (secondary N) is 3. The third-order valence-electron chi connectivity index (χ3n) is 5.90. The highest BCUT2D eigenvalue weighted by molar-refractivity contribution is 6.01. The maximum atomic E-state index is 14.7. The van der Waals surface area contributed by atoms with E-state index in [9.17, 15) is 27.2 Å². The predicted octanol–water partition coefficient (Wildman–Crippen LogP) is 3.53. The molecule has 0 saturated carbocycles. The van der Waals surface area contributed by atoms with Crippen molar-refractivity contribution >= 4 is 39.9 Å². The summed E-state index contributed by atoms with van der Waals surface area (Å²) in [5.41, 5.74) is -0.722. The van der Waals surface area contributed by atoms with E-state index in [1.54, 1.807) is 18.2 Å². The summed E-state index contributed by atoms with van der Waals surface area (Å²) in [5.74, 6) is 3.95. The number of allylic oxidation sites excluding steroid dienone is 1. The van der Waals surface area contributed by atoms with Crippen LogP contribution in [-0.2, 0) is 9.59 Å². The molecule has 1 aliphatic rings. The molecule has 1 fully saturated rings. The number of nitrogens with zero attached hydrogens (tertiary/aromatic N) is 2. The highest BCUT2D eigenvalue weighted by Gasteiger charge is 2.35. The summed E-state index contributed by atoms with van der Waals surface area (Å²) in [6, 6.07) is 5.94. The standard InChI is InChI=1S/C27H29F4N5O2/c1-17(27(29,30)31)26-20-8-4-9-23(35-24-11-14-36(3)16-22(24)28)21(20)15-19(34-26)7-5-13-33-25(38)10-6-12-32-18(2)37/h4-5,7-9,15,22,24,35H,1,11-14,16H2,2-3H3,(H,32,37)(H,33,38)/b7-5+/t22-,24+/m0/s1. The van der Waals surface area contributed by atoms with Gasteiger partial charge in [0.25, 0.3) is 5.91 Å². The molecule has 0 bridgehead atoms. The van der Waals surface area contributed by atoms with Gasteiger partial charge in [0.2, 0.25) is 5.91 Å². The molecule has 0 spiro atoms. The van der Waals surface area contributed by atoms with Crippen molar-refractivity contribution < 1.29 is 27.2 Å². The first-order chi connectivity index (χ1) is 18.0. The number of halogens is 4. The highest BCUT2D eigenvalue weighted by Crippen LogP contribution is 2.37. The van der Waals surface area contributed by atoms with E-state index < -0.39 is 29.9 Å². The second-order valence-corrected chi connectivity index (χ2v) is 8.91. The van der Waals surface area contributed by atoms with Crippen LogP contribution in [0, 0.1) is 11.8 Å². The maximum absolute atomic E-state index is 14.7. The molecule has 2 amide bonds. The van der Waals surface area contributed by atoms with E-state index in [1.165, 1.54) is 25.1 Å². The average Bonchev–Trinajstić information content (AvgIpc) is 2.85. The molecule has 0 unspecified atom stereocenters. The molecule has 2 aromatic rings. The summed E-state index contributed by atoms with van der Waals surface area (Å²) >= 11 is 0. The second-order valence-electron chi connectivity index (χ2n) is 8.91. The summed E-state index contributed by atoms with van der Waals surface area (Å²) in [7, 11) is 1.83. The van der Waals surface area contributed by atoms with Crippen molar-refractivity contribution in [1.82, 2.24) is 20.5 Å². The van der Waals surface area contributed by atoms with Gasteiger partial charge in [-0.1, -0.05) is 30.7 Å². The molecule has 3 rings (SSSR count). The molecule has 11 heteroatoms. The molecule has 38 heavy (non-hydrogen) atoms. The molecule has 2 heterocycles. The van der Waals surface area contributed by atoms with Crippen LogP contribution in [0.2, 0.25) is 0 Å². The molecule has 1 aliphatic heterocycles. The Labute approximate surface area is 218 Å².